The molecule has 1 aromatic heterocycles. The summed E-state index contributed by atoms with van der Waals surface area (Å²) in [6, 6.07) is 0. The van der Waals surface area contributed by atoms with E-state index < -0.39 is 0 Å². The number of methoxy groups -OCH3 is 1. The third kappa shape index (κ3) is 5.27. The Balaban J connectivity index is 2.38. The van der Waals surface area contributed by atoms with Gasteiger partial charge in [0.25, 0.3) is 0 Å². The Kier molecular flexibility index (Phi) is 7.12. The van der Waals surface area contributed by atoms with Crippen LogP contribution < -0.4 is 21.1 Å². The number of hydrogen-bond acceptors (Lipinski definition) is 7. The van der Waals surface area contributed by atoms with Crippen LogP contribution in [0.2, 0.25) is 0 Å². The van der Waals surface area contributed by atoms with Crippen LogP contribution in [0.3, 0.4) is 0 Å². The summed E-state index contributed by atoms with van der Waals surface area (Å²) in [7, 11) is 1.58. The van der Waals surface area contributed by atoms with E-state index in [0.29, 0.717) is 50.1 Å². The Morgan fingerprint density at radius 2 is 2.20 bits per heavy atom. The first-order chi connectivity index (χ1) is 9.69. The van der Waals surface area contributed by atoms with E-state index in [1.807, 2.05) is 6.92 Å². The SMILES string of the molecule is CCOc1ncnc(NCCC(=O)NCCOC)c1N. The second kappa shape index (κ2) is 8.92. The third-order valence-corrected chi connectivity index (χ3v) is 2.40. The van der Waals surface area contributed by atoms with Crippen molar-refractivity contribution in [3.8, 4) is 5.88 Å². The van der Waals surface area contributed by atoms with Gasteiger partial charge in [-0.15, -0.1) is 0 Å². The minimum Gasteiger partial charge on any atom is -0.476 e. The summed E-state index contributed by atoms with van der Waals surface area (Å²) in [5.74, 6) is 0.745. The van der Waals surface area contributed by atoms with E-state index in [-0.39, 0.29) is 5.91 Å². The highest BCUT2D eigenvalue weighted by atomic mass is 16.5. The van der Waals surface area contributed by atoms with Crippen molar-refractivity contribution in [2.24, 2.45) is 0 Å². The van der Waals surface area contributed by atoms with E-state index in [0.717, 1.165) is 0 Å². The third-order valence-electron chi connectivity index (χ3n) is 2.40. The van der Waals surface area contributed by atoms with Gasteiger partial charge in [-0.3, -0.25) is 4.79 Å². The largest absolute Gasteiger partial charge is 0.476 e. The molecule has 1 heterocycles. The first-order valence-electron chi connectivity index (χ1n) is 6.41. The molecule has 0 saturated carbocycles. The molecule has 0 bridgehead atoms. The zero-order chi connectivity index (χ0) is 14.8. The summed E-state index contributed by atoms with van der Waals surface area (Å²) < 4.78 is 10.1. The second-order valence-corrected chi connectivity index (χ2v) is 3.89. The molecule has 0 aromatic carbocycles. The molecular formula is C12H21N5O3. The Bertz CT molecular complexity index is 428. The summed E-state index contributed by atoms with van der Waals surface area (Å²) in [5, 5.41) is 5.71. The molecule has 20 heavy (non-hydrogen) atoms. The number of rotatable bonds is 9. The zero-order valence-electron chi connectivity index (χ0n) is 11.8. The van der Waals surface area contributed by atoms with E-state index >= 15 is 0 Å². The average Bonchev–Trinajstić information content (AvgIpc) is 2.43. The molecule has 1 rings (SSSR count). The highest BCUT2D eigenvalue weighted by molar-refractivity contribution is 5.76. The van der Waals surface area contributed by atoms with Gasteiger partial charge in [0.2, 0.25) is 11.8 Å². The van der Waals surface area contributed by atoms with Gasteiger partial charge in [-0.2, -0.15) is 4.98 Å². The van der Waals surface area contributed by atoms with Gasteiger partial charge in [-0.1, -0.05) is 0 Å². The minimum absolute atomic E-state index is 0.0628. The topological polar surface area (TPSA) is 111 Å². The molecule has 4 N–H and O–H groups in total. The van der Waals surface area contributed by atoms with Crippen LogP contribution in [0.1, 0.15) is 13.3 Å². The fraction of sp³-hybridized carbons (Fsp3) is 0.583. The van der Waals surface area contributed by atoms with Crippen molar-refractivity contribution in [3.63, 3.8) is 0 Å². The summed E-state index contributed by atoms with van der Waals surface area (Å²) in [4.78, 5) is 19.4. The molecule has 0 saturated heterocycles. The van der Waals surface area contributed by atoms with Gasteiger partial charge in [-0.05, 0) is 6.92 Å². The molecule has 0 atom stereocenters. The lowest BCUT2D eigenvalue weighted by atomic mass is 10.3. The molecule has 0 unspecified atom stereocenters. The Morgan fingerprint density at radius 3 is 2.90 bits per heavy atom. The van der Waals surface area contributed by atoms with Crippen molar-refractivity contribution in [1.29, 1.82) is 0 Å². The molecule has 0 fully saturated rings. The number of nitrogens with one attached hydrogen (secondary N) is 2. The first-order valence-corrected chi connectivity index (χ1v) is 6.41. The van der Waals surface area contributed by atoms with Crippen LogP contribution in [0.5, 0.6) is 5.88 Å². The van der Waals surface area contributed by atoms with Gasteiger partial charge in [0, 0.05) is 26.6 Å². The van der Waals surface area contributed by atoms with Crippen LogP contribution in [0.4, 0.5) is 11.5 Å². The molecule has 8 nitrogen and oxygen atoms in total. The Labute approximate surface area is 118 Å². The second-order valence-electron chi connectivity index (χ2n) is 3.89. The maximum Gasteiger partial charge on any atom is 0.242 e. The summed E-state index contributed by atoms with van der Waals surface area (Å²) in [6.45, 7) is 3.74. The molecule has 8 heteroatoms. The predicted molar refractivity (Wildman–Crippen MR) is 75.6 cm³/mol. The van der Waals surface area contributed by atoms with Gasteiger partial charge in [0.15, 0.2) is 5.82 Å². The quantitative estimate of drug-likeness (QED) is 0.548. The number of nitrogen functional groups attached to an aromatic ring is 1. The van der Waals surface area contributed by atoms with Crippen molar-refractivity contribution in [3.05, 3.63) is 6.33 Å². The number of anilines is 2. The summed E-state index contributed by atoms with van der Waals surface area (Å²) >= 11 is 0. The number of nitrogens with two attached hydrogens (primary N) is 1. The number of amides is 1. The van der Waals surface area contributed by atoms with Crippen molar-refractivity contribution >= 4 is 17.4 Å². The van der Waals surface area contributed by atoms with E-state index in [9.17, 15) is 4.79 Å². The van der Waals surface area contributed by atoms with Crippen LogP contribution in [0.15, 0.2) is 6.33 Å². The van der Waals surface area contributed by atoms with E-state index in [1.54, 1.807) is 7.11 Å². The number of ether oxygens (including phenoxy) is 2. The molecular weight excluding hydrogens is 262 g/mol. The van der Waals surface area contributed by atoms with E-state index in [4.69, 9.17) is 15.2 Å². The standard InChI is InChI=1S/C12H21N5O3/c1-3-20-12-10(13)11(16-8-17-12)15-5-4-9(18)14-6-7-19-2/h8H,3-7,13H2,1-2H3,(H,14,18)(H,15,16,17). The highest BCUT2D eigenvalue weighted by Gasteiger charge is 2.09. The van der Waals surface area contributed by atoms with Gasteiger partial charge in [-0.25, -0.2) is 4.98 Å². The summed E-state index contributed by atoms with van der Waals surface area (Å²) in [5.41, 5.74) is 6.20. The smallest absolute Gasteiger partial charge is 0.242 e. The van der Waals surface area contributed by atoms with Crippen LogP contribution in [-0.4, -0.2) is 49.3 Å². The Hall–Kier alpha value is -2.09. The Morgan fingerprint density at radius 1 is 1.40 bits per heavy atom. The highest BCUT2D eigenvalue weighted by Crippen LogP contribution is 2.24. The molecule has 0 radical (unpaired) electrons. The molecule has 0 spiro atoms. The number of hydrogen-bond donors (Lipinski definition) is 3. The monoisotopic (exact) mass is 283 g/mol. The molecule has 112 valence electrons. The van der Waals surface area contributed by atoms with Crippen LogP contribution in [-0.2, 0) is 9.53 Å². The van der Waals surface area contributed by atoms with E-state index in [1.165, 1.54) is 6.33 Å². The van der Waals surface area contributed by atoms with Gasteiger partial charge < -0.3 is 25.8 Å². The molecule has 0 aliphatic rings. The lowest BCUT2D eigenvalue weighted by Gasteiger charge is -2.11. The number of nitrogens with zero attached hydrogens (tertiary/aromatic N) is 2. The van der Waals surface area contributed by atoms with E-state index in [2.05, 4.69) is 20.6 Å². The van der Waals surface area contributed by atoms with Gasteiger partial charge in [0.1, 0.15) is 12.0 Å². The van der Waals surface area contributed by atoms with Gasteiger partial charge in [0.05, 0.1) is 13.2 Å². The minimum atomic E-state index is -0.0628. The first kappa shape index (κ1) is 16.0. The lowest BCUT2D eigenvalue weighted by Crippen LogP contribution is -2.28. The van der Waals surface area contributed by atoms with Gasteiger partial charge >= 0.3 is 0 Å². The molecule has 0 aliphatic carbocycles. The van der Waals surface area contributed by atoms with Crippen LogP contribution in [0, 0.1) is 0 Å². The van der Waals surface area contributed by atoms with Crippen LogP contribution in [0.25, 0.3) is 0 Å². The average molecular weight is 283 g/mol. The number of aromatic nitrogens is 2. The lowest BCUT2D eigenvalue weighted by molar-refractivity contribution is -0.121. The number of carbonyl (C=O) groups excluding carboxylic acids is 1. The van der Waals surface area contributed by atoms with Crippen molar-refractivity contribution in [2.45, 2.75) is 13.3 Å². The number of carbonyl (C=O) groups is 1. The maximum absolute atomic E-state index is 11.5. The zero-order valence-corrected chi connectivity index (χ0v) is 11.8. The molecule has 1 amide bonds. The van der Waals surface area contributed by atoms with Crippen LogP contribution >= 0.6 is 0 Å². The fourth-order valence-electron chi connectivity index (χ4n) is 1.45. The summed E-state index contributed by atoms with van der Waals surface area (Å²) in [6.07, 6.45) is 1.68. The predicted octanol–water partition coefficient (Wildman–Crippen LogP) is 0.0221. The van der Waals surface area contributed by atoms with Crippen molar-refractivity contribution < 1.29 is 14.3 Å². The normalized spacial score (nSPS) is 10.1. The molecule has 1 aromatic rings. The maximum atomic E-state index is 11.5. The molecule has 0 aliphatic heterocycles. The fourth-order valence-corrected chi connectivity index (χ4v) is 1.45. The van der Waals surface area contributed by atoms with Crippen molar-refractivity contribution in [1.82, 2.24) is 15.3 Å². The van der Waals surface area contributed by atoms with Crippen molar-refractivity contribution in [2.75, 3.05) is 44.5 Å².